The van der Waals surface area contributed by atoms with Crippen molar-refractivity contribution in [2.75, 3.05) is 20.2 Å². The SMILES string of the molecule is COCc1nc(CN2CCC(c3ccccc3)CC2)n[nH]1.O=CO. The van der Waals surface area contributed by atoms with Gasteiger partial charge in [0.05, 0.1) is 6.54 Å². The number of aromatic amines is 1. The summed E-state index contributed by atoms with van der Waals surface area (Å²) in [6, 6.07) is 10.8. The molecule has 7 heteroatoms. The van der Waals surface area contributed by atoms with Crippen LogP contribution in [0.2, 0.25) is 0 Å². The number of carbonyl (C=O) groups is 1. The van der Waals surface area contributed by atoms with E-state index in [-0.39, 0.29) is 6.47 Å². The number of nitrogens with one attached hydrogen (secondary N) is 1. The number of nitrogens with zero attached hydrogens (tertiary/aromatic N) is 3. The summed E-state index contributed by atoms with van der Waals surface area (Å²) in [5.74, 6) is 2.35. The summed E-state index contributed by atoms with van der Waals surface area (Å²) in [6.45, 7) is 3.27. The molecule has 2 heterocycles. The summed E-state index contributed by atoms with van der Waals surface area (Å²) < 4.78 is 5.05. The van der Waals surface area contributed by atoms with Gasteiger partial charge in [0.15, 0.2) is 11.6 Å². The summed E-state index contributed by atoms with van der Waals surface area (Å²) in [7, 11) is 1.66. The standard InChI is InChI=1S/C16H22N4O.CH2O2/c1-21-12-16-17-15(18-19-16)11-20-9-7-14(8-10-20)13-5-3-2-4-6-13;2-1-3/h2-6,14H,7-12H2,1H3,(H,17,18,19);1H,(H,2,3). The fraction of sp³-hybridized carbons (Fsp3) is 0.471. The molecule has 1 aliphatic heterocycles. The number of H-pyrrole nitrogens is 1. The van der Waals surface area contributed by atoms with E-state index in [0.717, 1.165) is 31.3 Å². The molecular formula is C17H24N4O3. The first kappa shape index (κ1) is 18.1. The van der Waals surface area contributed by atoms with Crippen molar-refractivity contribution >= 4 is 6.47 Å². The number of hydrogen-bond acceptors (Lipinski definition) is 5. The Balaban J connectivity index is 0.000000647. The Morgan fingerprint density at radius 1 is 1.33 bits per heavy atom. The Labute approximate surface area is 141 Å². The molecule has 2 N–H and O–H groups in total. The maximum atomic E-state index is 8.36. The highest BCUT2D eigenvalue weighted by Gasteiger charge is 2.21. The molecule has 0 atom stereocenters. The summed E-state index contributed by atoms with van der Waals surface area (Å²) in [5.41, 5.74) is 1.47. The van der Waals surface area contributed by atoms with Crippen LogP contribution in [-0.4, -0.2) is 51.9 Å². The molecule has 1 saturated heterocycles. The fourth-order valence-electron chi connectivity index (χ4n) is 2.96. The highest BCUT2D eigenvalue weighted by atomic mass is 16.5. The number of carboxylic acid groups (broad SMARTS) is 1. The molecule has 0 saturated carbocycles. The maximum Gasteiger partial charge on any atom is 0.290 e. The molecule has 3 rings (SSSR count). The van der Waals surface area contributed by atoms with Crippen LogP contribution in [0.5, 0.6) is 0 Å². The van der Waals surface area contributed by atoms with E-state index in [1.54, 1.807) is 7.11 Å². The largest absolute Gasteiger partial charge is 0.483 e. The van der Waals surface area contributed by atoms with Gasteiger partial charge < -0.3 is 9.84 Å². The predicted molar refractivity (Wildman–Crippen MR) is 89.5 cm³/mol. The van der Waals surface area contributed by atoms with E-state index in [9.17, 15) is 0 Å². The molecule has 0 spiro atoms. The summed E-state index contributed by atoms with van der Waals surface area (Å²) in [5, 5.41) is 14.1. The van der Waals surface area contributed by atoms with Gasteiger partial charge in [-0.3, -0.25) is 14.8 Å². The third-order valence-corrected chi connectivity index (χ3v) is 4.08. The van der Waals surface area contributed by atoms with E-state index in [1.807, 2.05) is 0 Å². The van der Waals surface area contributed by atoms with Crippen LogP contribution in [0, 0.1) is 0 Å². The van der Waals surface area contributed by atoms with Crippen molar-refractivity contribution in [2.45, 2.75) is 31.9 Å². The smallest absolute Gasteiger partial charge is 0.290 e. The molecule has 2 aromatic rings. The zero-order chi connectivity index (χ0) is 17.2. The van der Waals surface area contributed by atoms with E-state index < -0.39 is 0 Å². The Hall–Kier alpha value is -2.25. The lowest BCUT2D eigenvalue weighted by molar-refractivity contribution is -0.122. The van der Waals surface area contributed by atoms with Crippen molar-refractivity contribution in [3.8, 4) is 0 Å². The van der Waals surface area contributed by atoms with Gasteiger partial charge >= 0.3 is 0 Å². The number of benzene rings is 1. The average molecular weight is 332 g/mol. The number of rotatable bonds is 5. The van der Waals surface area contributed by atoms with Gasteiger partial charge in [0, 0.05) is 7.11 Å². The molecule has 1 fully saturated rings. The van der Waals surface area contributed by atoms with Crippen LogP contribution in [0.25, 0.3) is 0 Å². The first-order chi connectivity index (χ1) is 11.8. The maximum absolute atomic E-state index is 8.36. The van der Waals surface area contributed by atoms with Crippen molar-refractivity contribution in [1.29, 1.82) is 0 Å². The lowest BCUT2D eigenvalue weighted by atomic mass is 9.89. The van der Waals surface area contributed by atoms with Gasteiger partial charge in [-0.05, 0) is 37.4 Å². The Bertz CT molecular complexity index is 595. The second kappa shape index (κ2) is 9.79. The molecule has 130 valence electrons. The van der Waals surface area contributed by atoms with Gasteiger partial charge in [0.25, 0.3) is 6.47 Å². The fourth-order valence-corrected chi connectivity index (χ4v) is 2.96. The minimum absolute atomic E-state index is 0.250. The van der Waals surface area contributed by atoms with Crippen molar-refractivity contribution in [3.63, 3.8) is 0 Å². The number of aromatic nitrogens is 3. The van der Waals surface area contributed by atoms with Gasteiger partial charge in [-0.2, -0.15) is 5.10 Å². The van der Waals surface area contributed by atoms with Gasteiger partial charge in [0.2, 0.25) is 0 Å². The zero-order valence-corrected chi connectivity index (χ0v) is 13.9. The summed E-state index contributed by atoms with van der Waals surface area (Å²) >= 11 is 0. The summed E-state index contributed by atoms with van der Waals surface area (Å²) in [4.78, 5) is 15.2. The van der Waals surface area contributed by atoms with Crippen molar-refractivity contribution in [1.82, 2.24) is 20.1 Å². The van der Waals surface area contributed by atoms with Crippen LogP contribution in [-0.2, 0) is 22.7 Å². The highest BCUT2D eigenvalue weighted by molar-refractivity contribution is 5.32. The first-order valence-electron chi connectivity index (χ1n) is 8.01. The molecule has 7 nitrogen and oxygen atoms in total. The Morgan fingerprint density at radius 3 is 2.62 bits per heavy atom. The first-order valence-corrected chi connectivity index (χ1v) is 8.01. The molecule has 0 radical (unpaired) electrons. The molecule has 0 aliphatic carbocycles. The van der Waals surface area contributed by atoms with E-state index in [0.29, 0.717) is 12.5 Å². The topological polar surface area (TPSA) is 91.3 Å². The Morgan fingerprint density at radius 2 is 2.00 bits per heavy atom. The third-order valence-electron chi connectivity index (χ3n) is 4.08. The van der Waals surface area contributed by atoms with Crippen LogP contribution >= 0.6 is 0 Å². The van der Waals surface area contributed by atoms with Crippen molar-refractivity contribution in [3.05, 3.63) is 47.5 Å². The number of methoxy groups -OCH3 is 1. The summed E-state index contributed by atoms with van der Waals surface area (Å²) in [6.07, 6.45) is 2.42. The molecule has 24 heavy (non-hydrogen) atoms. The van der Waals surface area contributed by atoms with Crippen molar-refractivity contribution in [2.24, 2.45) is 0 Å². The van der Waals surface area contributed by atoms with E-state index >= 15 is 0 Å². The lowest BCUT2D eigenvalue weighted by Gasteiger charge is -2.31. The minimum atomic E-state index is -0.250. The van der Waals surface area contributed by atoms with Crippen LogP contribution < -0.4 is 0 Å². The number of likely N-dealkylation sites (tertiary alicyclic amines) is 1. The number of hydrogen-bond donors (Lipinski definition) is 2. The zero-order valence-electron chi connectivity index (χ0n) is 13.9. The van der Waals surface area contributed by atoms with Crippen LogP contribution in [0.15, 0.2) is 30.3 Å². The quantitative estimate of drug-likeness (QED) is 0.814. The molecule has 0 amide bonds. The second-order valence-electron chi connectivity index (χ2n) is 5.70. The normalized spacial score (nSPS) is 15.5. The molecule has 1 aromatic heterocycles. The van der Waals surface area contributed by atoms with E-state index in [1.165, 1.54) is 18.4 Å². The molecular weight excluding hydrogens is 308 g/mol. The van der Waals surface area contributed by atoms with Gasteiger partial charge in [0.1, 0.15) is 6.61 Å². The highest BCUT2D eigenvalue weighted by Crippen LogP contribution is 2.28. The minimum Gasteiger partial charge on any atom is -0.483 e. The Kier molecular flexibility index (Phi) is 7.38. The van der Waals surface area contributed by atoms with E-state index in [2.05, 4.69) is 50.4 Å². The predicted octanol–water partition coefficient (Wildman–Crippen LogP) is 2.03. The van der Waals surface area contributed by atoms with Gasteiger partial charge in [-0.25, -0.2) is 4.98 Å². The van der Waals surface area contributed by atoms with Gasteiger partial charge in [-0.15, -0.1) is 0 Å². The molecule has 0 bridgehead atoms. The second-order valence-corrected chi connectivity index (χ2v) is 5.70. The van der Waals surface area contributed by atoms with Crippen LogP contribution in [0.3, 0.4) is 0 Å². The average Bonchev–Trinajstić information content (AvgIpc) is 3.05. The van der Waals surface area contributed by atoms with Crippen LogP contribution in [0.1, 0.15) is 36.0 Å². The molecule has 1 aliphatic rings. The lowest BCUT2D eigenvalue weighted by Crippen LogP contribution is -2.32. The molecule has 0 unspecified atom stereocenters. The van der Waals surface area contributed by atoms with Crippen molar-refractivity contribution < 1.29 is 14.6 Å². The van der Waals surface area contributed by atoms with Gasteiger partial charge in [-0.1, -0.05) is 30.3 Å². The number of piperidine rings is 1. The molecule has 1 aromatic carbocycles. The number of ether oxygens (including phenoxy) is 1. The third kappa shape index (κ3) is 5.43. The van der Waals surface area contributed by atoms with Crippen LogP contribution in [0.4, 0.5) is 0 Å². The monoisotopic (exact) mass is 332 g/mol. The van der Waals surface area contributed by atoms with E-state index in [4.69, 9.17) is 14.6 Å².